The van der Waals surface area contributed by atoms with Gasteiger partial charge in [-0.1, -0.05) is 18.2 Å². The van der Waals surface area contributed by atoms with Gasteiger partial charge in [0, 0.05) is 11.4 Å². The molecular weight excluding hydrogens is 312 g/mol. The minimum Gasteiger partial charge on any atom is -0.493 e. The summed E-state index contributed by atoms with van der Waals surface area (Å²) in [4.78, 5) is 15.1. The van der Waals surface area contributed by atoms with Gasteiger partial charge in [0.05, 0.1) is 20.2 Å². The zero-order valence-corrected chi connectivity index (χ0v) is 14.3. The van der Waals surface area contributed by atoms with Crippen LogP contribution in [0.5, 0.6) is 11.5 Å². The van der Waals surface area contributed by atoms with Gasteiger partial charge in [-0.15, -0.1) is 11.3 Å². The van der Waals surface area contributed by atoms with Crippen LogP contribution in [-0.4, -0.2) is 44.7 Å². The molecule has 0 saturated carbocycles. The molecule has 2 aromatic rings. The monoisotopic (exact) mass is 334 g/mol. The van der Waals surface area contributed by atoms with E-state index in [2.05, 4.69) is 11.4 Å². The molecule has 1 aromatic carbocycles. The standard InChI is InChI=1S/C17H22N2O3S/c1-19(12-14-6-5-11-23-14)13-17(20)18-9-10-22-16-8-4-3-7-15(16)21-2/h3-8,11H,9-10,12-13H2,1-2H3,(H,18,20). The predicted molar refractivity (Wildman–Crippen MR) is 92.2 cm³/mol. The van der Waals surface area contributed by atoms with Gasteiger partial charge in [-0.2, -0.15) is 0 Å². The van der Waals surface area contributed by atoms with Gasteiger partial charge in [0.25, 0.3) is 0 Å². The van der Waals surface area contributed by atoms with Gasteiger partial charge in [0.15, 0.2) is 11.5 Å². The first kappa shape index (κ1) is 17.3. The highest BCUT2D eigenvalue weighted by Crippen LogP contribution is 2.25. The SMILES string of the molecule is COc1ccccc1OCCNC(=O)CN(C)Cc1cccs1. The summed E-state index contributed by atoms with van der Waals surface area (Å²) < 4.78 is 10.8. The first-order valence-electron chi connectivity index (χ1n) is 7.42. The van der Waals surface area contributed by atoms with Crippen LogP contribution in [0.2, 0.25) is 0 Å². The van der Waals surface area contributed by atoms with Crippen LogP contribution >= 0.6 is 11.3 Å². The van der Waals surface area contributed by atoms with E-state index < -0.39 is 0 Å². The number of thiophene rings is 1. The van der Waals surface area contributed by atoms with Gasteiger partial charge in [0.1, 0.15) is 6.61 Å². The number of nitrogens with zero attached hydrogens (tertiary/aromatic N) is 1. The molecule has 0 radical (unpaired) electrons. The van der Waals surface area contributed by atoms with Gasteiger partial charge in [-0.3, -0.25) is 9.69 Å². The highest BCUT2D eigenvalue weighted by Gasteiger charge is 2.08. The maximum atomic E-state index is 11.9. The predicted octanol–water partition coefficient (Wildman–Crippen LogP) is 2.38. The van der Waals surface area contributed by atoms with Crippen molar-refractivity contribution in [3.05, 3.63) is 46.7 Å². The fourth-order valence-corrected chi connectivity index (χ4v) is 2.90. The lowest BCUT2D eigenvalue weighted by molar-refractivity contribution is -0.122. The number of hydrogen-bond acceptors (Lipinski definition) is 5. The van der Waals surface area contributed by atoms with Crippen molar-refractivity contribution in [1.29, 1.82) is 0 Å². The quantitative estimate of drug-likeness (QED) is 0.716. The van der Waals surface area contributed by atoms with Crippen molar-refractivity contribution in [2.24, 2.45) is 0 Å². The first-order chi connectivity index (χ1) is 11.2. The Morgan fingerprint density at radius 3 is 2.70 bits per heavy atom. The Balaban J connectivity index is 1.64. The molecular formula is C17H22N2O3S. The van der Waals surface area contributed by atoms with Crippen LogP contribution in [0.1, 0.15) is 4.88 Å². The van der Waals surface area contributed by atoms with Gasteiger partial charge >= 0.3 is 0 Å². The Bertz CT molecular complexity index is 602. The van der Waals surface area contributed by atoms with E-state index in [1.807, 2.05) is 47.7 Å². The van der Waals surface area contributed by atoms with E-state index >= 15 is 0 Å². The van der Waals surface area contributed by atoms with Crippen LogP contribution < -0.4 is 14.8 Å². The molecule has 5 nitrogen and oxygen atoms in total. The molecule has 0 aliphatic rings. The second-order valence-corrected chi connectivity index (χ2v) is 6.13. The number of hydrogen-bond donors (Lipinski definition) is 1. The smallest absolute Gasteiger partial charge is 0.234 e. The van der Waals surface area contributed by atoms with Crippen molar-refractivity contribution in [3.8, 4) is 11.5 Å². The number of likely N-dealkylation sites (N-methyl/N-ethyl adjacent to an activating group) is 1. The average molecular weight is 334 g/mol. The number of benzene rings is 1. The largest absolute Gasteiger partial charge is 0.493 e. The summed E-state index contributed by atoms with van der Waals surface area (Å²) in [6.07, 6.45) is 0. The molecule has 0 fully saturated rings. The van der Waals surface area contributed by atoms with Crippen molar-refractivity contribution in [1.82, 2.24) is 10.2 Å². The van der Waals surface area contributed by atoms with Gasteiger partial charge in [0.2, 0.25) is 5.91 Å². The summed E-state index contributed by atoms with van der Waals surface area (Å²) in [5.41, 5.74) is 0. The lowest BCUT2D eigenvalue weighted by Gasteiger charge is -2.15. The number of methoxy groups -OCH3 is 1. The second kappa shape index (κ2) is 9.17. The van der Waals surface area contributed by atoms with Crippen LogP contribution in [0.3, 0.4) is 0 Å². The molecule has 0 atom stereocenters. The number of para-hydroxylation sites is 2. The summed E-state index contributed by atoms with van der Waals surface area (Å²) in [5.74, 6) is 1.36. The van der Waals surface area contributed by atoms with E-state index in [0.29, 0.717) is 31.2 Å². The van der Waals surface area contributed by atoms with Gasteiger partial charge in [-0.25, -0.2) is 0 Å². The van der Waals surface area contributed by atoms with Crippen LogP contribution in [0, 0.1) is 0 Å². The number of rotatable bonds is 9. The second-order valence-electron chi connectivity index (χ2n) is 5.10. The number of ether oxygens (including phenoxy) is 2. The Labute approximate surface area is 140 Å². The molecule has 1 heterocycles. The van der Waals surface area contributed by atoms with Gasteiger partial charge < -0.3 is 14.8 Å². The zero-order chi connectivity index (χ0) is 16.5. The first-order valence-corrected chi connectivity index (χ1v) is 8.30. The molecule has 1 amide bonds. The van der Waals surface area contributed by atoms with Crippen molar-refractivity contribution >= 4 is 17.2 Å². The number of carbonyl (C=O) groups excluding carboxylic acids is 1. The Morgan fingerprint density at radius 2 is 2.00 bits per heavy atom. The fraction of sp³-hybridized carbons (Fsp3) is 0.353. The third-order valence-electron chi connectivity index (χ3n) is 3.17. The fourth-order valence-electron chi connectivity index (χ4n) is 2.12. The topological polar surface area (TPSA) is 50.8 Å². The molecule has 1 aromatic heterocycles. The minimum atomic E-state index is -0.00678. The van der Waals surface area contributed by atoms with E-state index in [1.165, 1.54) is 4.88 Å². The van der Waals surface area contributed by atoms with E-state index in [4.69, 9.17) is 9.47 Å². The maximum Gasteiger partial charge on any atom is 0.234 e. The van der Waals surface area contributed by atoms with Gasteiger partial charge in [-0.05, 0) is 30.6 Å². The van der Waals surface area contributed by atoms with Crippen LogP contribution in [0.4, 0.5) is 0 Å². The summed E-state index contributed by atoms with van der Waals surface area (Å²) in [5, 5.41) is 4.90. The molecule has 124 valence electrons. The Hall–Kier alpha value is -2.05. The van der Waals surface area contributed by atoms with Crippen molar-refractivity contribution in [3.63, 3.8) is 0 Å². The lowest BCUT2D eigenvalue weighted by Crippen LogP contribution is -2.36. The minimum absolute atomic E-state index is 0.00678. The molecule has 23 heavy (non-hydrogen) atoms. The molecule has 0 aliphatic heterocycles. The van der Waals surface area contributed by atoms with Crippen LogP contribution in [0.15, 0.2) is 41.8 Å². The van der Waals surface area contributed by atoms with E-state index in [0.717, 1.165) is 6.54 Å². The van der Waals surface area contributed by atoms with E-state index in [-0.39, 0.29) is 5.91 Å². The molecule has 2 rings (SSSR count). The summed E-state index contributed by atoms with van der Waals surface area (Å²) in [6, 6.07) is 11.5. The van der Waals surface area contributed by atoms with E-state index in [1.54, 1.807) is 18.4 Å². The molecule has 6 heteroatoms. The number of nitrogens with one attached hydrogen (secondary N) is 1. The third-order valence-corrected chi connectivity index (χ3v) is 4.03. The molecule has 1 N–H and O–H groups in total. The lowest BCUT2D eigenvalue weighted by atomic mass is 10.3. The summed E-state index contributed by atoms with van der Waals surface area (Å²) in [7, 11) is 3.54. The highest BCUT2D eigenvalue weighted by molar-refractivity contribution is 7.09. The number of carbonyl (C=O) groups is 1. The Kier molecular flexibility index (Phi) is 6.90. The summed E-state index contributed by atoms with van der Waals surface area (Å²) >= 11 is 1.70. The Morgan fingerprint density at radius 1 is 1.22 bits per heavy atom. The number of amides is 1. The zero-order valence-electron chi connectivity index (χ0n) is 13.5. The van der Waals surface area contributed by atoms with Crippen LogP contribution in [0.25, 0.3) is 0 Å². The maximum absolute atomic E-state index is 11.9. The average Bonchev–Trinajstić information content (AvgIpc) is 3.04. The van der Waals surface area contributed by atoms with Crippen molar-refractivity contribution in [2.75, 3.05) is 33.9 Å². The molecule has 0 aliphatic carbocycles. The molecule has 0 saturated heterocycles. The third kappa shape index (κ3) is 5.92. The summed E-state index contributed by atoms with van der Waals surface area (Å²) in [6.45, 7) is 2.01. The van der Waals surface area contributed by atoms with Crippen LogP contribution in [-0.2, 0) is 11.3 Å². The van der Waals surface area contributed by atoms with Crippen molar-refractivity contribution in [2.45, 2.75) is 6.54 Å². The highest BCUT2D eigenvalue weighted by atomic mass is 32.1. The van der Waals surface area contributed by atoms with E-state index in [9.17, 15) is 4.79 Å². The molecule has 0 bridgehead atoms. The molecule has 0 unspecified atom stereocenters. The molecule has 0 spiro atoms. The normalized spacial score (nSPS) is 10.6. The van der Waals surface area contributed by atoms with Crippen molar-refractivity contribution < 1.29 is 14.3 Å².